The lowest BCUT2D eigenvalue weighted by Gasteiger charge is -2.18. The predicted molar refractivity (Wildman–Crippen MR) is 50.4 cm³/mol. The molecular formula is C6H7B3O4. The standard InChI is InChI=1S/C6H7B3O4/c1-2-4-6(5-3-1)10-9-12-7-11-8-13-9/h1-5,7-8H. The first kappa shape index (κ1) is 8.68. The molecule has 13 heavy (non-hydrogen) atoms. The molecule has 0 amide bonds. The van der Waals surface area contributed by atoms with Gasteiger partial charge in [-0.3, -0.25) is 0 Å². The Morgan fingerprint density at radius 3 is 2.46 bits per heavy atom. The molecule has 0 N–H and O–H groups in total. The van der Waals surface area contributed by atoms with Gasteiger partial charge in [-0.15, -0.1) is 0 Å². The Labute approximate surface area is 77.9 Å². The van der Waals surface area contributed by atoms with Crippen molar-refractivity contribution in [2.75, 3.05) is 0 Å². The fourth-order valence-electron chi connectivity index (χ4n) is 0.968. The van der Waals surface area contributed by atoms with Crippen LogP contribution in [0.5, 0.6) is 5.75 Å². The molecule has 0 radical (unpaired) electrons. The molecular weight excluding hydrogens is 168 g/mol. The lowest BCUT2D eigenvalue weighted by molar-refractivity contribution is 0.250. The second-order valence-electron chi connectivity index (χ2n) is 2.49. The summed E-state index contributed by atoms with van der Waals surface area (Å²) in [5.74, 6) is 0.717. The minimum atomic E-state index is -0.656. The van der Waals surface area contributed by atoms with E-state index in [4.69, 9.17) is 18.4 Å². The molecule has 1 saturated heterocycles. The summed E-state index contributed by atoms with van der Waals surface area (Å²) >= 11 is 0. The highest BCUT2D eigenvalue weighted by atomic mass is 16.8. The Balaban J connectivity index is 1.90. The van der Waals surface area contributed by atoms with E-state index in [0.29, 0.717) is 0 Å². The number of para-hydroxylation sites is 1. The topological polar surface area (TPSA) is 36.9 Å². The molecule has 1 heterocycles. The van der Waals surface area contributed by atoms with Crippen molar-refractivity contribution in [1.82, 2.24) is 0 Å². The smallest absolute Gasteiger partial charge is 0.513 e. The predicted octanol–water partition coefficient (Wildman–Crippen LogP) is -0.353. The molecule has 1 aromatic carbocycles. The maximum atomic E-state index is 5.33. The zero-order valence-electron chi connectivity index (χ0n) is 7.01. The van der Waals surface area contributed by atoms with Crippen LogP contribution in [0.25, 0.3) is 0 Å². The molecule has 0 saturated carbocycles. The van der Waals surface area contributed by atoms with Gasteiger partial charge in [0.15, 0.2) is 0 Å². The first-order chi connectivity index (χ1) is 6.45. The SMILES string of the molecule is B1OBOB(Oc2ccccc2)O1. The van der Waals surface area contributed by atoms with Crippen LogP contribution < -0.4 is 4.65 Å². The van der Waals surface area contributed by atoms with E-state index in [0.717, 1.165) is 5.75 Å². The van der Waals surface area contributed by atoms with Gasteiger partial charge in [-0.25, -0.2) is 0 Å². The summed E-state index contributed by atoms with van der Waals surface area (Å²) in [5.41, 5.74) is 0. The van der Waals surface area contributed by atoms with Crippen molar-refractivity contribution >= 4 is 22.7 Å². The fourth-order valence-corrected chi connectivity index (χ4v) is 0.968. The average Bonchev–Trinajstić information content (AvgIpc) is 2.21. The Bertz CT molecular complexity index is 251. The molecule has 7 heteroatoms. The van der Waals surface area contributed by atoms with E-state index in [1.807, 2.05) is 30.3 Å². The van der Waals surface area contributed by atoms with Gasteiger partial charge in [0.2, 0.25) is 0 Å². The first-order valence-corrected chi connectivity index (χ1v) is 3.98. The molecule has 0 spiro atoms. The van der Waals surface area contributed by atoms with Gasteiger partial charge >= 0.3 is 22.7 Å². The summed E-state index contributed by atoms with van der Waals surface area (Å²) in [5, 5.41) is 0. The maximum Gasteiger partial charge on any atom is 0.684 e. The van der Waals surface area contributed by atoms with Crippen molar-refractivity contribution in [3.05, 3.63) is 30.3 Å². The number of hydrogen-bond donors (Lipinski definition) is 0. The monoisotopic (exact) mass is 176 g/mol. The minimum Gasteiger partial charge on any atom is -0.513 e. The highest BCUT2D eigenvalue weighted by Crippen LogP contribution is 2.10. The van der Waals surface area contributed by atoms with Crippen LogP contribution in [0.15, 0.2) is 30.3 Å². The Morgan fingerprint density at radius 2 is 1.77 bits per heavy atom. The molecule has 0 bridgehead atoms. The van der Waals surface area contributed by atoms with E-state index in [-0.39, 0.29) is 15.4 Å². The summed E-state index contributed by atoms with van der Waals surface area (Å²) in [6.45, 7) is 0. The molecule has 0 atom stereocenters. The largest absolute Gasteiger partial charge is 0.684 e. The molecule has 0 aliphatic carbocycles. The summed E-state index contributed by atoms with van der Waals surface area (Å²) < 4.78 is 20.2. The third-order valence-corrected chi connectivity index (χ3v) is 1.55. The zero-order valence-corrected chi connectivity index (χ0v) is 7.01. The molecule has 1 aromatic rings. The van der Waals surface area contributed by atoms with Crippen LogP contribution in [0.1, 0.15) is 0 Å². The highest BCUT2D eigenvalue weighted by molar-refractivity contribution is 6.57. The van der Waals surface area contributed by atoms with E-state index in [2.05, 4.69) is 0 Å². The van der Waals surface area contributed by atoms with Gasteiger partial charge in [0.05, 0.1) is 0 Å². The Hall–Kier alpha value is -0.905. The van der Waals surface area contributed by atoms with Crippen LogP contribution in [0, 0.1) is 0 Å². The molecule has 0 unspecified atom stereocenters. The van der Waals surface area contributed by atoms with Crippen molar-refractivity contribution < 1.29 is 18.4 Å². The van der Waals surface area contributed by atoms with Crippen LogP contribution in [0.3, 0.4) is 0 Å². The van der Waals surface area contributed by atoms with Crippen molar-refractivity contribution in [1.29, 1.82) is 0 Å². The van der Waals surface area contributed by atoms with Gasteiger partial charge in [-0.1, -0.05) is 18.2 Å². The molecule has 4 nitrogen and oxygen atoms in total. The quantitative estimate of drug-likeness (QED) is 0.576. The van der Waals surface area contributed by atoms with Gasteiger partial charge in [-0.05, 0) is 12.1 Å². The van der Waals surface area contributed by atoms with Gasteiger partial charge in [-0.2, -0.15) is 0 Å². The number of rotatable bonds is 2. The molecule has 1 aliphatic heterocycles. The minimum absolute atomic E-state index is 0.206. The van der Waals surface area contributed by atoms with Crippen molar-refractivity contribution in [2.45, 2.75) is 0 Å². The van der Waals surface area contributed by atoms with E-state index < -0.39 is 7.32 Å². The summed E-state index contributed by atoms with van der Waals surface area (Å²) in [4.78, 5) is 0. The summed E-state index contributed by atoms with van der Waals surface area (Å²) in [6.07, 6.45) is 0. The van der Waals surface area contributed by atoms with Crippen LogP contribution in [0.4, 0.5) is 0 Å². The second kappa shape index (κ2) is 4.36. The van der Waals surface area contributed by atoms with Crippen LogP contribution in [-0.4, -0.2) is 22.7 Å². The first-order valence-electron chi connectivity index (χ1n) is 3.98. The molecule has 1 aliphatic rings. The van der Waals surface area contributed by atoms with Gasteiger partial charge in [0.1, 0.15) is 5.75 Å². The van der Waals surface area contributed by atoms with Gasteiger partial charge in [0.25, 0.3) is 0 Å². The molecule has 64 valence electrons. The van der Waals surface area contributed by atoms with E-state index in [9.17, 15) is 0 Å². The van der Waals surface area contributed by atoms with Crippen molar-refractivity contribution in [3.63, 3.8) is 0 Å². The average molecular weight is 176 g/mol. The molecule has 0 aromatic heterocycles. The highest BCUT2D eigenvalue weighted by Gasteiger charge is 2.28. The maximum absolute atomic E-state index is 5.33. The number of hydrogen-bond acceptors (Lipinski definition) is 4. The van der Waals surface area contributed by atoms with Crippen LogP contribution in [0.2, 0.25) is 0 Å². The molecule has 1 fully saturated rings. The summed E-state index contributed by atoms with van der Waals surface area (Å²) in [6, 6.07) is 9.35. The Kier molecular flexibility index (Phi) is 2.92. The van der Waals surface area contributed by atoms with Gasteiger partial charge < -0.3 is 18.4 Å². The van der Waals surface area contributed by atoms with Crippen molar-refractivity contribution in [2.24, 2.45) is 0 Å². The lowest BCUT2D eigenvalue weighted by atomic mass is 10.1. The molecule has 2 rings (SSSR count). The lowest BCUT2D eigenvalue weighted by Crippen LogP contribution is -2.39. The van der Waals surface area contributed by atoms with Crippen molar-refractivity contribution in [3.8, 4) is 5.75 Å². The van der Waals surface area contributed by atoms with E-state index in [1.54, 1.807) is 0 Å². The Morgan fingerprint density at radius 1 is 1.08 bits per heavy atom. The second-order valence-corrected chi connectivity index (χ2v) is 2.49. The normalized spacial score (nSPS) is 15.8. The summed E-state index contributed by atoms with van der Waals surface area (Å²) in [7, 11) is -0.245. The fraction of sp³-hybridized carbons (Fsp3) is 0. The van der Waals surface area contributed by atoms with Crippen LogP contribution in [-0.2, 0) is 13.7 Å². The van der Waals surface area contributed by atoms with Gasteiger partial charge in [0, 0.05) is 0 Å². The van der Waals surface area contributed by atoms with E-state index in [1.165, 1.54) is 0 Å². The van der Waals surface area contributed by atoms with E-state index >= 15 is 0 Å². The third kappa shape index (κ3) is 2.52. The number of benzene rings is 1. The third-order valence-electron chi connectivity index (χ3n) is 1.55. The van der Waals surface area contributed by atoms with Crippen LogP contribution >= 0.6 is 0 Å². The zero-order chi connectivity index (χ0) is 8.93.